The van der Waals surface area contributed by atoms with Gasteiger partial charge in [0.1, 0.15) is 10.9 Å². The highest BCUT2D eigenvalue weighted by Crippen LogP contribution is 2.25. The molecule has 208 valence electrons. The van der Waals surface area contributed by atoms with Crippen molar-refractivity contribution >= 4 is 48.2 Å². The van der Waals surface area contributed by atoms with Crippen LogP contribution in [0.4, 0.5) is 0 Å². The number of amides is 1. The molecule has 0 bridgehead atoms. The van der Waals surface area contributed by atoms with E-state index in [1.807, 2.05) is 27.7 Å². The van der Waals surface area contributed by atoms with E-state index in [0.29, 0.717) is 4.47 Å². The second-order valence-corrected chi connectivity index (χ2v) is 13.6. The number of hydrogen-bond donors (Lipinski definition) is 2. The molecule has 0 radical (unpaired) electrons. The first kappa shape index (κ1) is 30.5. The molecular formula is C27H30BrN3O6S2. The Morgan fingerprint density at radius 2 is 1.49 bits per heavy atom. The number of carbonyl (C=O) groups is 1. The molecule has 3 aromatic rings. The number of hydrogen-bond acceptors (Lipinski definition) is 7. The molecule has 0 unspecified atom stereocenters. The molecule has 0 heterocycles. The predicted molar refractivity (Wildman–Crippen MR) is 154 cm³/mol. The zero-order valence-electron chi connectivity index (χ0n) is 21.9. The second-order valence-electron chi connectivity index (χ2n) is 9.38. The molecule has 0 saturated carbocycles. The Morgan fingerprint density at radius 1 is 0.923 bits per heavy atom. The Morgan fingerprint density at radius 3 is 2.05 bits per heavy atom. The molecule has 0 fully saturated rings. The van der Waals surface area contributed by atoms with Crippen LogP contribution < -0.4 is 14.3 Å². The van der Waals surface area contributed by atoms with Crippen molar-refractivity contribution in [3.8, 4) is 5.75 Å². The lowest BCUT2D eigenvalue weighted by atomic mass is 10.0. The van der Waals surface area contributed by atoms with Crippen LogP contribution in [0, 0.1) is 19.8 Å². The summed E-state index contributed by atoms with van der Waals surface area (Å²) in [5.41, 5.74) is 4.42. The number of nitrogens with one attached hydrogen (secondary N) is 2. The number of nitrogens with zero attached hydrogens (tertiary/aromatic N) is 1. The summed E-state index contributed by atoms with van der Waals surface area (Å²) in [6.07, 6.45) is 1.45. The van der Waals surface area contributed by atoms with E-state index >= 15 is 0 Å². The number of carbonyl (C=O) groups excluding carboxylic acids is 1. The monoisotopic (exact) mass is 635 g/mol. The van der Waals surface area contributed by atoms with Gasteiger partial charge in [0, 0.05) is 10.0 Å². The van der Waals surface area contributed by atoms with Crippen molar-refractivity contribution in [3.05, 3.63) is 87.9 Å². The van der Waals surface area contributed by atoms with Gasteiger partial charge in [-0.1, -0.05) is 65.2 Å². The second kappa shape index (κ2) is 12.9. The predicted octanol–water partition coefficient (Wildman–Crippen LogP) is 4.68. The van der Waals surface area contributed by atoms with Crippen LogP contribution in [0.2, 0.25) is 0 Å². The maximum absolute atomic E-state index is 12.9. The van der Waals surface area contributed by atoms with Gasteiger partial charge in [0.25, 0.3) is 5.91 Å². The van der Waals surface area contributed by atoms with Crippen LogP contribution in [-0.4, -0.2) is 35.0 Å². The maximum atomic E-state index is 12.9. The number of sulfonamides is 1. The fourth-order valence-corrected chi connectivity index (χ4v) is 6.00. The maximum Gasteiger partial charge on any atom is 0.339 e. The van der Waals surface area contributed by atoms with Gasteiger partial charge in [0.15, 0.2) is 5.75 Å². The van der Waals surface area contributed by atoms with Crippen LogP contribution in [0.1, 0.15) is 37.0 Å². The average molecular weight is 637 g/mol. The van der Waals surface area contributed by atoms with Gasteiger partial charge in [-0.2, -0.15) is 18.2 Å². The Kier molecular flexibility index (Phi) is 10.1. The smallest absolute Gasteiger partial charge is 0.339 e. The summed E-state index contributed by atoms with van der Waals surface area (Å²) in [7, 11) is -8.09. The number of benzene rings is 3. The molecule has 3 aromatic carbocycles. The summed E-state index contributed by atoms with van der Waals surface area (Å²) < 4.78 is 59.7. The highest BCUT2D eigenvalue weighted by molar-refractivity contribution is 9.10. The lowest BCUT2D eigenvalue weighted by Gasteiger charge is -2.19. The Hall–Kier alpha value is -3.06. The summed E-state index contributed by atoms with van der Waals surface area (Å²) in [6, 6.07) is 16.1. The first-order valence-electron chi connectivity index (χ1n) is 12.0. The van der Waals surface area contributed by atoms with Crippen molar-refractivity contribution in [2.45, 2.75) is 49.9 Å². The summed E-state index contributed by atoms with van der Waals surface area (Å²) in [5.74, 6) is -0.668. The first-order chi connectivity index (χ1) is 18.3. The van der Waals surface area contributed by atoms with E-state index < -0.39 is 32.1 Å². The molecule has 12 heteroatoms. The van der Waals surface area contributed by atoms with Crippen LogP contribution >= 0.6 is 15.9 Å². The molecule has 3 rings (SSSR count). The number of rotatable bonds is 11. The molecule has 0 aliphatic rings. The van der Waals surface area contributed by atoms with Crippen LogP contribution in [-0.2, 0) is 24.9 Å². The summed E-state index contributed by atoms with van der Waals surface area (Å²) in [6.45, 7) is 7.41. The fraction of sp³-hybridized carbons (Fsp3) is 0.259. The standard InChI is InChI=1S/C27H30BrN3O6S2/c1-18(2)15-25(31-38(33,34)23-10-5-19(3)6-11-23)27(32)30-29-17-21-16-22(28)9-14-26(21)37-39(35,36)24-12-7-20(4)8-13-24/h5-14,16-18,25,31H,15H2,1-4H3,(H,30,32)/b29-17-/t25-/m1/s1. The molecule has 2 N–H and O–H groups in total. The largest absolute Gasteiger partial charge is 0.378 e. The third-order valence-electron chi connectivity index (χ3n) is 5.51. The minimum atomic E-state index is -4.12. The SMILES string of the molecule is Cc1ccc(S(=O)(=O)N[C@H](CC(C)C)C(=O)N/N=C\c2cc(Br)ccc2OS(=O)(=O)c2ccc(C)cc2)cc1. The van der Waals surface area contributed by atoms with Gasteiger partial charge < -0.3 is 4.18 Å². The van der Waals surface area contributed by atoms with E-state index in [4.69, 9.17) is 4.18 Å². The first-order valence-corrected chi connectivity index (χ1v) is 15.7. The van der Waals surface area contributed by atoms with Gasteiger partial charge in [-0.25, -0.2) is 13.8 Å². The summed E-state index contributed by atoms with van der Waals surface area (Å²) in [4.78, 5) is 13.0. The van der Waals surface area contributed by atoms with Crippen LogP contribution in [0.5, 0.6) is 5.75 Å². The van der Waals surface area contributed by atoms with E-state index in [0.717, 1.165) is 11.1 Å². The van der Waals surface area contributed by atoms with Gasteiger partial charge >= 0.3 is 10.1 Å². The molecule has 1 atom stereocenters. The van der Waals surface area contributed by atoms with Gasteiger partial charge in [-0.15, -0.1) is 0 Å². The fourth-order valence-electron chi connectivity index (χ4n) is 3.46. The minimum absolute atomic E-state index is 0.00232. The van der Waals surface area contributed by atoms with Gasteiger partial charge in [0.05, 0.1) is 11.1 Å². The Bertz CT molecular complexity index is 1550. The third kappa shape index (κ3) is 8.72. The van der Waals surface area contributed by atoms with E-state index in [1.54, 1.807) is 36.4 Å². The van der Waals surface area contributed by atoms with Crippen molar-refractivity contribution in [1.29, 1.82) is 0 Å². The molecule has 0 aromatic heterocycles. The van der Waals surface area contributed by atoms with Crippen molar-refractivity contribution in [2.75, 3.05) is 0 Å². The molecule has 39 heavy (non-hydrogen) atoms. The summed E-state index contributed by atoms with van der Waals surface area (Å²) >= 11 is 3.33. The third-order valence-corrected chi connectivity index (χ3v) is 8.74. The van der Waals surface area contributed by atoms with E-state index in [-0.39, 0.29) is 33.4 Å². The lowest BCUT2D eigenvalue weighted by molar-refractivity contribution is -0.123. The van der Waals surface area contributed by atoms with Crippen LogP contribution in [0.15, 0.2) is 86.1 Å². The van der Waals surface area contributed by atoms with Gasteiger partial charge in [0.2, 0.25) is 10.0 Å². The Balaban J connectivity index is 1.78. The number of halogens is 1. The number of hydrazone groups is 1. The molecule has 1 amide bonds. The van der Waals surface area contributed by atoms with Crippen molar-refractivity contribution in [2.24, 2.45) is 11.0 Å². The highest BCUT2D eigenvalue weighted by Gasteiger charge is 2.26. The van der Waals surface area contributed by atoms with Crippen molar-refractivity contribution in [3.63, 3.8) is 0 Å². The van der Waals surface area contributed by atoms with Crippen molar-refractivity contribution in [1.82, 2.24) is 10.1 Å². The molecule has 0 aliphatic carbocycles. The van der Waals surface area contributed by atoms with E-state index in [2.05, 4.69) is 31.2 Å². The zero-order valence-corrected chi connectivity index (χ0v) is 25.1. The molecule has 0 aliphatic heterocycles. The highest BCUT2D eigenvalue weighted by atomic mass is 79.9. The quantitative estimate of drug-likeness (QED) is 0.179. The number of aryl methyl sites for hydroxylation is 2. The molecule has 0 saturated heterocycles. The summed E-state index contributed by atoms with van der Waals surface area (Å²) in [5, 5.41) is 3.95. The molecule has 0 spiro atoms. The van der Waals surface area contributed by atoms with Crippen molar-refractivity contribution < 1.29 is 25.8 Å². The van der Waals surface area contributed by atoms with E-state index in [1.165, 1.54) is 36.5 Å². The molecular weight excluding hydrogens is 606 g/mol. The molecule has 9 nitrogen and oxygen atoms in total. The minimum Gasteiger partial charge on any atom is -0.378 e. The van der Waals surface area contributed by atoms with Gasteiger partial charge in [-0.3, -0.25) is 4.79 Å². The van der Waals surface area contributed by atoms with Crippen LogP contribution in [0.3, 0.4) is 0 Å². The zero-order chi connectivity index (χ0) is 28.8. The average Bonchev–Trinajstić information content (AvgIpc) is 2.85. The topological polar surface area (TPSA) is 131 Å². The van der Waals surface area contributed by atoms with E-state index in [9.17, 15) is 21.6 Å². The van der Waals surface area contributed by atoms with Crippen LogP contribution in [0.25, 0.3) is 0 Å². The normalized spacial score (nSPS) is 13.0. The van der Waals surface area contributed by atoms with Gasteiger partial charge in [-0.05, 0) is 68.7 Å². The Labute approximate surface area is 238 Å². The lowest BCUT2D eigenvalue weighted by Crippen LogP contribution is -2.46.